The minimum atomic E-state index is -3.76. The molecule has 0 aliphatic rings. The lowest BCUT2D eigenvalue weighted by atomic mass is 10.2. The van der Waals surface area contributed by atoms with Gasteiger partial charge in [0, 0.05) is 16.6 Å². The Morgan fingerprint density at radius 2 is 1.84 bits per heavy atom. The molecule has 0 radical (unpaired) electrons. The van der Waals surface area contributed by atoms with Gasteiger partial charge in [-0.2, -0.15) is 0 Å². The van der Waals surface area contributed by atoms with Gasteiger partial charge in [0.25, 0.3) is 15.9 Å². The van der Waals surface area contributed by atoms with Crippen molar-refractivity contribution in [2.75, 3.05) is 10.0 Å². The number of nitrogens with one attached hydrogen (secondary N) is 2. The highest BCUT2D eigenvalue weighted by atomic mass is 35.5. The SMILES string of the molecule is Cc1ccc(S(=O)(=O)Nc2cccc(C(=O)Nc3nc(-c4ccc(Cl)s4)cs3)c2)cc1. The number of aromatic nitrogens is 1. The topological polar surface area (TPSA) is 88.2 Å². The molecule has 0 atom stereocenters. The largest absolute Gasteiger partial charge is 0.298 e. The smallest absolute Gasteiger partial charge is 0.261 e. The number of thiazole rings is 1. The molecule has 158 valence electrons. The molecule has 10 heteroatoms. The Balaban J connectivity index is 1.48. The molecule has 0 spiro atoms. The standard InChI is InChI=1S/C21H16ClN3O3S3/c1-13-5-7-16(8-6-13)31(27,28)25-15-4-2-3-14(11-15)20(26)24-21-23-17(12-29-21)18-9-10-19(22)30-18/h2-12,25H,1H3,(H,23,24,26). The van der Waals surface area contributed by atoms with Crippen LogP contribution in [0.4, 0.5) is 10.8 Å². The second-order valence-corrected chi connectivity index (χ2v) is 10.9. The number of aryl methyl sites for hydroxylation is 1. The Kier molecular flexibility index (Phi) is 6.10. The molecule has 2 aromatic carbocycles. The molecule has 0 saturated carbocycles. The number of carbonyl (C=O) groups is 1. The van der Waals surface area contributed by atoms with Crippen molar-refractivity contribution >= 4 is 61.0 Å². The van der Waals surface area contributed by atoms with Crippen molar-refractivity contribution in [3.05, 3.63) is 81.5 Å². The fraction of sp³-hybridized carbons (Fsp3) is 0.0476. The van der Waals surface area contributed by atoms with Gasteiger partial charge in [-0.1, -0.05) is 35.4 Å². The van der Waals surface area contributed by atoms with E-state index in [9.17, 15) is 13.2 Å². The number of anilines is 2. The first kappa shape index (κ1) is 21.5. The van der Waals surface area contributed by atoms with Crippen LogP contribution in [-0.2, 0) is 10.0 Å². The van der Waals surface area contributed by atoms with Gasteiger partial charge in [0.2, 0.25) is 0 Å². The van der Waals surface area contributed by atoms with Crippen molar-refractivity contribution in [2.45, 2.75) is 11.8 Å². The van der Waals surface area contributed by atoms with Crippen LogP contribution in [0.5, 0.6) is 0 Å². The molecule has 0 aliphatic heterocycles. The van der Waals surface area contributed by atoms with Crippen LogP contribution in [0.1, 0.15) is 15.9 Å². The normalized spacial score (nSPS) is 11.3. The van der Waals surface area contributed by atoms with Gasteiger partial charge in [0.15, 0.2) is 5.13 Å². The molecule has 0 fully saturated rings. The Labute approximate surface area is 192 Å². The Bertz CT molecular complexity index is 1350. The predicted molar refractivity (Wildman–Crippen MR) is 127 cm³/mol. The van der Waals surface area contributed by atoms with E-state index in [-0.39, 0.29) is 10.8 Å². The Morgan fingerprint density at radius 1 is 1.06 bits per heavy atom. The van der Waals surface area contributed by atoms with Crippen molar-refractivity contribution in [3.8, 4) is 10.6 Å². The summed E-state index contributed by atoms with van der Waals surface area (Å²) in [6, 6.07) is 16.5. The highest BCUT2D eigenvalue weighted by Gasteiger charge is 2.16. The van der Waals surface area contributed by atoms with Crippen LogP contribution >= 0.6 is 34.3 Å². The first-order valence-corrected chi connectivity index (χ1v) is 12.6. The van der Waals surface area contributed by atoms with Crippen LogP contribution in [0.25, 0.3) is 10.6 Å². The third kappa shape index (κ3) is 5.13. The lowest BCUT2D eigenvalue weighted by molar-refractivity contribution is 0.102. The molecule has 0 bridgehead atoms. The highest BCUT2D eigenvalue weighted by Crippen LogP contribution is 2.33. The molecule has 2 heterocycles. The Morgan fingerprint density at radius 3 is 2.55 bits per heavy atom. The minimum Gasteiger partial charge on any atom is -0.298 e. The number of halogens is 1. The van der Waals surface area contributed by atoms with Gasteiger partial charge in [-0.3, -0.25) is 14.8 Å². The summed E-state index contributed by atoms with van der Waals surface area (Å²) in [5, 5.41) is 5.02. The van der Waals surface area contributed by atoms with Gasteiger partial charge in [0.05, 0.1) is 19.8 Å². The minimum absolute atomic E-state index is 0.150. The molecular weight excluding hydrogens is 474 g/mol. The molecular formula is C21H16ClN3O3S3. The second kappa shape index (κ2) is 8.80. The number of thiophene rings is 1. The monoisotopic (exact) mass is 489 g/mol. The molecule has 0 saturated heterocycles. The van der Waals surface area contributed by atoms with E-state index in [0.29, 0.717) is 20.7 Å². The zero-order valence-corrected chi connectivity index (χ0v) is 19.3. The van der Waals surface area contributed by atoms with E-state index < -0.39 is 10.0 Å². The summed E-state index contributed by atoms with van der Waals surface area (Å²) in [6.07, 6.45) is 0. The summed E-state index contributed by atoms with van der Waals surface area (Å²) in [5.41, 5.74) is 2.29. The molecule has 4 aromatic rings. The molecule has 4 rings (SSSR count). The number of rotatable bonds is 6. The van der Waals surface area contributed by atoms with E-state index >= 15 is 0 Å². The summed E-state index contributed by atoms with van der Waals surface area (Å²) in [7, 11) is -3.76. The van der Waals surface area contributed by atoms with Crippen LogP contribution < -0.4 is 10.0 Å². The van der Waals surface area contributed by atoms with Crippen molar-refractivity contribution < 1.29 is 13.2 Å². The van der Waals surface area contributed by atoms with Crippen LogP contribution in [0, 0.1) is 6.92 Å². The molecule has 0 unspecified atom stereocenters. The van der Waals surface area contributed by atoms with Gasteiger partial charge in [-0.25, -0.2) is 13.4 Å². The van der Waals surface area contributed by atoms with Gasteiger partial charge in [-0.15, -0.1) is 22.7 Å². The van der Waals surface area contributed by atoms with Crippen LogP contribution in [0.15, 0.2) is 70.9 Å². The summed E-state index contributed by atoms with van der Waals surface area (Å²) in [5.74, 6) is -0.388. The first-order valence-electron chi connectivity index (χ1n) is 9.02. The van der Waals surface area contributed by atoms with E-state index in [2.05, 4.69) is 15.0 Å². The predicted octanol–water partition coefficient (Wildman–Crippen LogP) is 5.89. The average molecular weight is 490 g/mol. The fourth-order valence-electron chi connectivity index (χ4n) is 2.72. The molecule has 1 amide bonds. The fourth-order valence-corrected chi connectivity index (χ4v) is 5.55. The number of amides is 1. The van der Waals surface area contributed by atoms with Crippen molar-refractivity contribution in [1.82, 2.24) is 4.98 Å². The number of hydrogen-bond acceptors (Lipinski definition) is 6. The number of nitrogens with zero attached hydrogens (tertiary/aromatic N) is 1. The van der Waals surface area contributed by atoms with Gasteiger partial charge >= 0.3 is 0 Å². The number of benzene rings is 2. The van der Waals surface area contributed by atoms with Crippen LogP contribution in [-0.4, -0.2) is 19.3 Å². The van der Waals surface area contributed by atoms with E-state index in [1.54, 1.807) is 36.4 Å². The van der Waals surface area contributed by atoms with Crippen molar-refractivity contribution in [2.24, 2.45) is 0 Å². The lowest BCUT2D eigenvalue weighted by Gasteiger charge is -2.10. The molecule has 0 aliphatic carbocycles. The maximum Gasteiger partial charge on any atom is 0.261 e. The number of carbonyl (C=O) groups excluding carboxylic acids is 1. The van der Waals surface area contributed by atoms with Crippen molar-refractivity contribution in [3.63, 3.8) is 0 Å². The van der Waals surface area contributed by atoms with E-state index in [4.69, 9.17) is 11.6 Å². The average Bonchev–Trinajstić information content (AvgIpc) is 3.37. The zero-order valence-electron chi connectivity index (χ0n) is 16.1. The summed E-state index contributed by atoms with van der Waals surface area (Å²) in [6.45, 7) is 1.88. The van der Waals surface area contributed by atoms with Gasteiger partial charge < -0.3 is 0 Å². The van der Waals surface area contributed by atoms with Gasteiger partial charge in [-0.05, 0) is 49.4 Å². The quantitative estimate of drug-likeness (QED) is 0.353. The van der Waals surface area contributed by atoms with E-state index in [0.717, 1.165) is 16.1 Å². The third-order valence-corrected chi connectivity index (χ3v) is 7.67. The number of hydrogen-bond donors (Lipinski definition) is 2. The maximum atomic E-state index is 12.6. The van der Waals surface area contributed by atoms with Gasteiger partial charge in [0.1, 0.15) is 0 Å². The third-order valence-electron chi connectivity index (χ3n) is 4.26. The molecule has 2 N–H and O–H groups in total. The second-order valence-electron chi connectivity index (χ2n) is 6.60. The van der Waals surface area contributed by atoms with Crippen molar-refractivity contribution in [1.29, 1.82) is 0 Å². The molecule has 6 nitrogen and oxygen atoms in total. The zero-order chi connectivity index (χ0) is 22.0. The lowest BCUT2D eigenvalue weighted by Crippen LogP contribution is -2.15. The first-order chi connectivity index (χ1) is 14.8. The summed E-state index contributed by atoms with van der Waals surface area (Å²) < 4.78 is 28.4. The summed E-state index contributed by atoms with van der Waals surface area (Å²) in [4.78, 5) is 18.1. The summed E-state index contributed by atoms with van der Waals surface area (Å²) >= 11 is 8.67. The van der Waals surface area contributed by atoms with Crippen LogP contribution in [0.3, 0.4) is 0 Å². The van der Waals surface area contributed by atoms with Crippen LogP contribution in [0.2, 0.25) is 4.34 Å². The van der Waals surface area contributed by atoms with E-state index in [1.165, 1.54) is 40.9 Å². The number of sulfonamides is 1. The highest BCUT2D eigenvalue weighted by molar-refractivity contribution is 7.92. The Hall–Kier alpha value is -2.72. The molecule has 2 aromatic heterocycles. The molecule has 31 heavy (non-hydrogen) atoms. The van der Waals surface area contributed by atoms with E-state index in [1.807, 2.05) is 18.4 Å². The maximum absolute atomic E-state index is 12.6.